The zero-order chi connectivity index (χ0) is 22.2. The van der Waals surface area contributed by atoms with Crippen LogP contribution in [0, 0.1) is 11.7 Å². The molecule has 31 heavy (non-hydrogen) atoms. The molecule has 0 aromatic heterocycles. The normalized spacial score (nSPS) is 15.0. The van der Waals surface area contributed by atoms with E-state index >= 15 is 0 Å². The van der Waals surface area contributed by atoms with E-state index in [1.54, 1.807) is 24.3 Å². The molecule has 0 spiro atoms. The SMILES string of the molecule is NC(=O)CCN(C(=O)CN1CCC(CCc2ccc(O)cc2)CC1)c1ccc(F)cc1. The number of hydrogen-bond acceptors (Lipinski definition) is 4. The Kier molecular flexibility index (Phi) is 8.00. The Labute approximate surface area is 182 Å². The Bertz CT molecular complexity index is 863. The van der Waals surface area contributed by atoms with E-state index in [0.29, 0.717) is 11.6 Å². The van der Waals surface area contributed by atoms with Crippen LogP contribution in [0.2, 0.25) is 0 Å². The number of aryl methyl sites for hydroxylation is 1. The molecule has 0 atom stereocenters. The van der Waals surface area contributed by atoms with Gasteiger partial charge in [0, 0.05) is 18.7 Å². The van der Waals surface area contributed by atoms with Crippen LogP contribution in [0.1, 0.15) is 31.2 Å². The quantitative estimate of drug-likeness (QED) is 0.644. The second-order valence-electron chi connectivity index (χ2n) is 8.16. The van der Waals surface area contributed by atoms with E-state index in [-0.39, 0.29) is 37.0 Å². The lowest BCUT2D eigenvalue weighted by atomic mass is 9.90. The molecule has 0 bridgehead atoms. The maximum absolute atomic E-state index is 13.3. The summed E-state index contributed by atoms with van der Waals surface area (Å²) in [7, 11) is 0. The van der Waals surface area contributed by atoms with Crippen molar-refractivity contribution in [2.45, 2.75) is 32.1 Å². The molecular formula is C24H30FN3O3. The fraction of sp³-hybridized carbons (Fsp3) is 0.417. The van der Waals surface area contributed by atoms with Gasteiger partial charge in [0.1, 0.15) is 11.6 Å². The van der Waals surface area contributed by atoms with Gasteiger partial charge in [-0.3, -0.25) is 14.5 Å². The largest absolute Gasteiger partial charge is 0.508 e. The Morgan fingerprint density at radius 3 is 2.32 bits per heavy atom. The Morgan fingerprint density at radius 1 is 1.06 bits per heavy atom. The van der Waals surface area contributed by atoms with Gasteiger partial charge in [-0.05, 0) is 86.7 Å². The molecule has 1 saturated heterocycles. The number of primary amides is 1. The van der Waals surface area contributed by atoms with Crippen LogP contribution in [0.5, 0.6) is 5.75 Å². The highest BCUT2D eigenvalue weighted by molar-refractivity contribution is 5.95. The smallest absolute Gasteiger partial charge is 0.241 e. The number of phenolic OH excluding ortho intramolecular Hbond substituents is 1. The molecule has 0 saturated carbocycles. The number of phenols is 1. The first-order valence-electron chi connectivity index (χ1n) is 10.7. The van der Waals surface area contributed by atoms with E-state index in [2.05, 4.69) is 4.90 Å². The first-order valence-corrected chi connectivity index (χ1v) is 10.7. The highest BCUT2D eigenvalue weighted by Gasteiger charge is 2.24. The molecule has 2 amide bonds. The summed E-state index contributed by atoms with van der Waals surface area (Å²) in [5.74, 6) is -0.0689. The summed E-state index contributed by atoms with van der Waals surface area (Å²) >= 11 is 0. The third-order valence-corrected chi connectivity index (χ3v) is 5.86. The first kappa shape index (κ1) is 22.7. The zero-order valence-electron chi connectivity index (χ0n) is 17.7. The van der Waals surface area contributed by atoms with Crippen LogP contribution in [0.15, 0.2) is 48.5 Å². The number of nitrogens with zero attached hydrogens (tertiary/aromatic N) is 2. The van der Waals surface area contributed by atoms with Crippen LogP contribution in [0.25, 0.3) is 0 Å². The third-order valence-electron chi connectivity index (χ3n) is 5.86. The fourth-order valence-electron chi connectivity index (χ4n) is 3.98. The summed E-state index contributed by atoms with van der Waals surface area (Å²) < 4.78 is 13.3. The van der Waals surface area contributed by atoms with Gasteiger partial charge in [-0.15, -0.1) is 0 Å². The number of likely N-dealkylation sites (tertiary alicyclic amines) is 1. The number of hydrogen-bond donors (Lipinski definition) is 2. The third kappa shape index (κ3) is 7.07. The lowest BCUT2D eigenvalue weighted by molar-refractivity contribution is -0.120. The van der Waals surface area contributed by atoms with Crippen molar-refractivity contribution in [1.29, 1.82) is 0 Å². The topological polar surface area (TPSA) is 86.9 Å². The summed E-state index contributed by atoms with van der Waals surface area (Å²) in [5.41, 5.74) is 7.05. The molecule has 3 rings (SSSR count). The number of carbonyl (C=O) groups excluding carboxylic acids is 2. The number of halogens is 1. The van der Waals surface area contributed by atoms with Crippen molar-refractivity contribution in [2.75, 3.05) is 31.1 Å². The molecule has 0 aliphatic carbocycles. The summed E-state index contributed by atoms with van der Waals surface area (Å²) in [6.45, 7) is 2.14. The van der Waals surface area contributed by atoms with Crippen LogP contribution >= 0.6 is 0 Å². The van der Waals surface area contributed by atoms with Gasteiger partial charge in [0.15, 0.2) is 0 Å². The van der Waals surface area contributed by atoms with Crippen molar-refractivity contribution in [3.05, 3.63) is 59.9 Å². The van der Waals surface area contributed by atoms with E-state index in [1.165, 1.54) is 22.6 Å². The molecule has 166 valence electrons. The standard InChI is InChI=1S/C24H30FN3O3/c25-20-5-7-21(8-6-20)28(16-13-23(26)30)24(31)17-27-14-11-19(12-15-27)2-1-18-3-9-22(29)10-4-18/h3-10,19,29H,1-2,11-17H2,(H2,26,30). The molecule has 1 aliphatic rings. The summed E-state index contributed by atoms with van der Waals surface area (Å²) in [4.78, 5) is 27.8. The number of aromatic hydroxyl groups is 1. The molecule has 7 heteroatoms. The molecule has 6 nitrogen and oxygen atoms in total. The Balaban J connectivity index is 1.49. The lowest BCUT2D eigenvalue weighted by Crippen LogP contribution is -2.44. The molecule has 0 radical (unpaired) electrons. The van der Waals surface area contributed by atoms with Gasteiger partial charge in [-0.1, -0.05) is 12.1 Å². The maximum Gasteiger partial charge on any atom is 0.241 e. The van der Waals surface area contributed by atoms with E-state index in [9.17, 15) is 19.1 Å². The van der Waals surface area contributed by atoms with Crippen molar-refractivity contribution in [3.63, 3.8) is 0 Å². The monoisotopic (exact) mass is 427 g/mol. The van der Waals surface area contributed by atoms with Crippen LogP contribution in [0.3, 0.4) is 0 Å². The van der Waals surface area contributed by atoms with Gasteiger partial charge in [0.2, 0.25) is 11.8 Å². The molecule has 3 N–H and O–H groups in total. The molecular weight excluding hydrogens is 397 g/mol. The first-order chi connectivity index (χ1) is 14.9. The average molecular weight is 428 g/mol. The summed E-state index contributed by atoms with van der Waals surface area (Å²) in [6.07, 6.45) is 4.19. The second kappa shape index (κ2) is 10.9. The second-order valence-corrected chi connectivity index (χ2v) is 8.16. The van der Waals surface area contributed by atoms with Crippen molar-refractivity contribution in [3.8, 4) is 5.75 Å². The lowest BCUT2D eigenvalue weighted by Gasteiger charge is -2.33. The molecule has 1 fully saturated rings. The van der Waals surface area contributed by atoms with Crippen LogP contribution < -0.4 is 10.6 Å². The summed E-state index contributed by atoms with van der Waals surface area (Å²) in [6, 6.07) is 13.0. The molecule has 1 aliphatic heterocycles. The molecule has 2 aromatic rings. The number of piperidine rings is 1. The molecule has 1 heterocycles. The predicted octanol–water partition coefficient (Wildman–Crippen LogP) is 3.08. The van der Waals surface area contributed by atoms with Crippen LogP contribution in [-0.2, 0) is 16.0 Å². The Hall–Kier alpha value is -2.93. The Morgan fingerprint density at radius 2 is 1.71 bits per heavy atom. The van der Waals surface area contributed by atoms with Crippen molar-refractivity contribution in [2.24, 2.45) is 11.7 Å². The number of rotatable bonds is 9. The maximum atomic E-state index is 13.3. The van der Waals surface area contributed by atoms with Crippen molar-refractivity contribution in [1.82, 2.24) is 4.90 Å². The zero-order valence-corrected chi connectivity index (χ0v) is 17.7. The van der Waals surface area contributed by atoms with E-state index in [1.807, 2.05) is 12.1 Å². The van der Waals surface area contributed by atoms with E-state index in [0.717, 1.165) is 38.8 Å². The average Bonchev–Trinajstić information content (AvgIpc) is 2.75. The minimum Gasteiger partial charge on any atom is -0.508 e. The van der Waals surface area contributed by atoms with Gasteiger partial charge < -0.3 is 15.7 Å². The van der Waals surface area contributed by atoms with E-state index < -0.39 is 5.91 Å². The highest BCUT2D eigenvalue weighted by Crippen LogP contribution is 2.24. The van der Waals surface area contributed by atoms with E-state index in [4.69, 9.17) is 5.73 Å². The van der Waals surface area contributed by atoms with Crippen LogP contribution in [0.4, 0.5) is 10.1 Å². The van der Waals surface area contributed by atoms with Gasteiger partial charge in [-0.2, -0.15) is 0 Å². The number of benzene rings is 2. The summed E-state index contributed by atoms with van der Waals surface area (Å²) in [5, 5.41) is 9.38. The van der Waals surface area contributed by atoms with Crippen molar-refractivity contribution < 1.29 is 19.1 Å². The van der Waals surface area contributed by atoms with Crippen molar-refractivity contribution >= 4 is 17.5 Å². The van der Waals surface area contributed by atoms with Gasteiger partial charge in [0.25, 0.3) is 0 Å². The molecule has 0 unspecified atom stereocenters. The highest BCUT2D eigenvalue weighted by atomic mass is 19.1. The minimum absolute atomic E-state index is 0.0580. The number of carbonyl (C=O) groups is 2. The minimum atomic E-state index is -0.477. The number of nitrogens with two attached hydrogens (primary N) is 1. The number of anilines is 1. The van der Waals surface area contributed by atoms with Crippen LogP contribution in [-0.4, -0.2) is 48.0 Å². The van der Waals surface area contributed by atoms with Gasteiger partial charge >= 0.3 is 0 Å². The predicted molar refractivity (Wildman–Crippen MR) is 118 cm³/mol. The fourth-order valence-corrected chi connectivity index (χ4v) is 3.98. The number of amides is 2. The molecule has 2 aromatic carbocycles. The van der Waals surface area contributed by atoms with Gasteiger partial charge in [-0.25, -0.2) is 4.39 Å². The van der Waals surface area contributed by atoms with Gasteiger partial charge in [0.05, 0.1) is 6.54 Å².